The molecule has 0 fully saturated rings. The minimum absolute atomic E-state index is 0.132. The van der Waals surface area contributed by atoms with Gasteiger partial charge in [0, 0.05) is 24.5 Å². The number of quaternary nitrogens is 1. The molecule has 304 valence electrons. The molecule has 3 rings (SSSR count). The van der Waals surface area contributed by atoms with Crippen molar-refractivity contribution in [1.29, 1.82) is 0 Å². The normalized spacial score (nSPS) is 18.5. The second-order valence-electron chi connectivity index (χ2n) is 14.0. The number of rotatable bonds is 18. The predicted molar refractivity (Wildman–Crippen MR) is 193 cm³/mol. The number of aliphatic hydroxyl groups is 6. The zero-order valence-corrected chi connectivity index (χ0v) is 30.5. The Bertz CT molecular complexity index is 1690. The van der Waals surface area contributed by atoms with Gasteiger partial charge < -0.3 is 72.5 Å². The highest BCUT2D eigenvalue weighted by Crippen LogP contribution is 2.38. The molecule has 0 aromatic heterocycles. The van der Waals surface area contributed by atoms with Crippen LogP contribution in [0, 0.1) is 0 Å². The lowest BCUT2D eigenvalue weighted by Gasteiger charge is -2.39. The van der Waals surface area contributed by atoms with Crippen molar-refractivity contribution >= 4 is 35.2 Å². The van der Waals surface area contributed by atoms with Crippen LogP contribution in [0.2, 0.25) is 0 Å². The van der Waals surface area contributed by atoms with E-state index < -0.39 is 111 Å². The number of nitrogens with zero attached hydrogens (tertiary/aromatic N) is 1. The third-order valence-corrected chi connectivity index (χ3v) is 9.09. The summed E-state index contributed by atoms with van der Waals surface area (Å²) in [5, 5.41) is 102. The number of carbonyl (C=O) groups is 5. The van der Waals surface area contributed by atoms with Crippen LogP contribution < -0.4 is 31.1 Å². The van der Waals surface area contributed by atoms with E-state index in [1.54, 1.807) is 0 Å². The molecule has 0 saturated heterocycles. The first-order chi connectivity index (χ1) is 25.8. The van der Waals surface area contributed by atoms with E-state index in [2.05, 4.69) is 26.6 Å². The summed E-state index contributed by atoms with van der Waals surface area (Å²) in [6, 6.07) is 1.56. The van der Waals surface area contributed by atoms with E-state index in [-0.39, 0.29) is 33.7 Å². The molecule has 1 heterocycles. The Hall–Kier alpha value is -5.09. The number of carbonyl (C=O) groups excluding carboxylic acids is 5. The van der Waals surface area contributed by atoms with Gasteiger partial charge in [-0.3, -0.25) is 28.5 Å². The van der Waals surface area contributed by atoms with Crippen molar-refractivity contribution in [3.8, 4) is 17.2 Å². The van der Waals surface area contributed by atoms with E-state index >= 15 is 0 Å². The lowest BCUT2D eigenvalue weighted by Crippen LogP contribution is -2.62. The summed E-state index contributed by atoms with van der Waals surface area (Å²) in [6.45, 7) is -1.15. The lowest BCUT2D eigenvalue weighted by atomic mass is 9.95. The highest BCUT2D eigenvalue weighted by molar-refractivity contribution is 5.97. The second kappa shape index (κ2) is 19.5. The van der Waals surface area contributed by atoms with E-state index in [9.17, 15) is 69.9 Å². The molecule has 0 bridgehead atoms. The molecule has 1 aliphatic heterocycles. The molecule has 55 heavy (non-hydrogen) atoms. The van der Waals surface area contributed by atoms with Crippen molar-refractivity contribution in [2.45, 2.75) is 74.7 Å². The van der Waals surface area contributed by atoms with E-state index in [0.29, 0.717) is 12.1 Å². The Morgan fingerprint density at radius 3 is 1.98 bits per heavy atom. The van der Waals surface area contributed by atoms with E-state index in [0.717, 1.165) is 12.6 Å². The van der Waals surface area contributed by atoms with Crippen LogP contribution in [-0.4, -0.2) is 164 Å². The number of nitrogens with one attached hydrogen (secondary N) is 5. The number of amides is 5. The van der Waals surface area contributed by atoms with Crippen molar-refractivity contribution in [3.63, 3.8) is 0 Å². The topological polar surface area (TPSA) is 328 Å². The number of para-hydroxylation sites is 1. The molecule has 0 saturated carbocycles. The Morgan fingerprint density at radius 1 is 0.782 bits per heavy atom. The van der Waals surface area contributed by atoms with Gasteiger partial charge in [-0.2, -0.15) is 0 Å². The number of aromatic hydroxyl groups is 3. The fraction of sp³-hybridized carbons (Fsp3) is 0.514. The minimum Gasteiger partial charge on any atom is -0.507 e. The van der Waals surface area contributed by atoms with Crippen molar-refractivity contribution in [2.75, 3.05) is 40.5 Å². The minimum atomic E-state index is -1.72. The number of benzene rings is 2. The Balaban J connectivity index is 1.55. The molecule has 5 amide bonds. The summed E-state index contributed by atoms with van der Waals surface area (Å²) < 4.78 is 0.219. The van der Waals surface area contributed by atoms with E-state index in [4.69, 9.17) is 0 Å². The van der Waals surface area contributed by atoms with Crippen LogP contribution >= 0.6 is 0 Å². The van der Waals surface area contributed by atoms with Crippen LogP contribution in [0.3, 0.4) is 0 Å². The fourth-order valence-electron chi connectivity index (χ4n) is 6.19. The SMILES string of the molecule is C[C@@H](O)[C@H](NC(=O)C[C@H](O)C[C@H](O)[C@H](CO)NC(=O)c1ccccc1O)C(=O)N[C@H](CO)C(=O)N[C@@H](CO)C(=O)N[C@H]1Cc2cc(O)c(O)cc2[N+](C)(C)C1. The zero-order valence-electron chi connectivity index (χ0n) is 30.5. The molecule has 20 heteroatoms. The largest absolute Gasteiger partial charge is 0.507 e. The van der Waals surface area contributed by atoms with Gasteiger partial charge in [0.05, 0.1) is 76.3 Å². The molecular weight excluding hydrogens is 728 g/mol. The zero-order chi connectivity index (χ0) is 41.2. The van der Waals surface area contributed by atoms with Gasteiger partial charge in [-0.1, -0.05) is 12.1 Å². The summed E-state index contributed by atoms with van der Waals surface area (Å²) in [4.78, 5) is 64.4. The monoisotopic (exact) mass is 779 g/mol. The molecule has 14 N–H and O–H groups in total. The van der Waals surface area contributed by atoms with Crippen LogP contribution in [0.1, 0.15) is 35.7 Å². The molecule has 2 aromatic rings. The predicted octanol–water partition coefficient (Wildman–Crippen LogP) is -4.48. The molecule has 0 radical (unpaired) electrons. The molecule has 2 aromatic carbocycles. The smallest absolute Gasteiger partial charge is 0.255 e. The van der Waals surface area contributed by atoms with Crippen molar-refractivity contribution in [1.82, 2.24) is 31.1 Å². The fourth-order valence-corrected chi connectivity index (χ4v) is 6.19. The number of hydrogen-bond acceptors (Lipinski definition) is 14. The Morgan fingerprint density at radius 2 is 1.38 bits per heavy atom. The van der Waals surface area contributed by atoms with Gasteiger partial charge in [0.1, 0.15) is 36.1 Å². The maximum absolute atomic E-state index is 13.1. The van der Waals surface area contributed by atoms with Gasteiger partial charge in [-0.05, 0) is 25.1 Å². The molecule has 20 nitrogen and oxygen atoms in total. The third kappa shape index (κ3) is 11.9. The van der Waals surface area contributed by atoms with Crippen molar-refractivity contribution in [3.05, 3.63) is 47.5 Å². The maximum Gasteiger partial charge on any atom is 0.255 e. The average molecular weight is 780 g/mol. The first-order valence-electron chi connectivity index (χ1n) is 17.4. The summed E-state index contributed by atoms with van der Waals surface area (Å²) in [7, 11) is 3.64. The average Bonchev–Trinajstić information content (AvgIpc) is 3.10. The number of fused-ring (bicyclic) bond motifs is 1. The van der Waals surface area contributed by atoms with Gasteiger partial charge in [0.15, 0.2) is 11.5 Å². The molecular formula is C35H51N6O14+. The quantitative estimate of drug-likeness (QED) is 0.0502. The number of likely N-dealkylation sites (N-methyl/N-ethyl adjacent to an activating group) is 1. The maximum atomic E-state index is 13.1. The van der Waals surface area contributed by atoms with Crippen LogP contribution in [0.4, 0.5) is 5.69 Å². The molecule has 0 unspecified atom stereocenters. The van der Waals surface area contributed by atoms with Gasteiger partial charge in [-0.15, -0.1) is 0 Å². The lowest BCUT2D eigenvalue weighted by molar-refractivity contribution is -0.136. The van der Waals surface area contributed by atoms with Crippen LogP contribution in [0.25, 0.3) is 0 Å². The second-order valence-corrected chi connectivity index (χ2v) is 14.0. The van der Waals surface area contributed by atoms with E-state index in [1.165, 1.54) is 36.4 Å². The standard InChI is InChI=1S/C35H50N6O14/c1-17(45)31(40-30(51)11-20(46)10-27(48)22(14-42)37-32(52)21-6-4-5-7-26(21)47)35(55)39-24(16-44)34(54)38-23(15-43)33(53)36-19-8-18-9-28(49)29(50)12-25(18)41(2,3)13-19/h4-7,9,12,17,19-20,22-24,27,31,42-46,48H,8,10-11,13-16H2,1-3H3,(H7-,36,37,38,39,40,47,49,50,51,52,53,54,55)/p+1/t17-,19+,20-,22+,23+,24-,27+,31+/m1/s1. The van der Waals surface area contributed by atoms with Gasteiger partial charge >= 0.3 is 0 Å². The van der Waals surface area contributed by atoms with Gasteiger partial charge in [0.2, 0.25) is 23.6 Å². The third-order valence-electron chi connectivity index (χ3n) is 9.09. The summed E-state index contributed by atoms with van der Waals surface area (Å²) in [5.74, 6) is -5.81. The van der Waals surface area contributed by atoms with Crippen molar-refractivity contribution < 1.29 is 69.9 Å². The summed E-state index contributed by atoms with van der Waals surface area (Å²) >= 11 is 0. The summed E-state index contributed by atoms with van der Waals surface area (Å²) in [5.41, 5.74) is 1.24. The molecule has 0 spiro atoms. The Labute approximate surface area is 316 Å². The number of hydrogen-bond donors (Lipinski definition) is 14. The van der Waals surface area contributed by atoms with Crippen LogP contribution in [0.15, 0.2) is 36.4 Å². The molecule has 0 aliphatic carbocycles. The highest BCUT2D eigenvalue weighted by Gasteiger charge is 2.37. The van der Waals surface area contributed by atoms with E-state index in [1.807, 2.05) is 14.1 Å². The summed E-state index contributed by atoms with van der Waals surface area (Å²) in [6.07, 6.45) is -5.70. The van der Waals surface area contributed by atoms with Gasteiger partial charge in [-0.25, -0.2) is 0 Å². The van der Waals surface area contributed by atoms with Gasteiger partial charge in [0.25, 0.3) is 5.91 Å². The number of aliphatic hydroxyl groups excluding tert-OH is 6. The Kier molecular flexibility index (Phi) is 15.7. The molecule has 1 aliphatic rings. The number of phenolic OH excluding ortho intramolecular Hbond substituents is 3. The molecule has 8 atom stereocenters. The van der Waals surface area contributed by atoms with Crippen molar-refractivity contribution in [2.24, 2.45) is 0 Å². The highest BCUT2D eigenvalue weighted by atomic mass is 16.3. The van der Waals surface area contributed by atoms with Crippen LogP contribution in [0.5, 0.6) is 17.2 Å². The first kappa shape index (κ1) is 44.3. The first-order valence-corrected chi connectivity index (χ1v) is 17.4. The number of phenols is 3. The van der Waals surface area contributed by atoms with Crippen LogP contribution in [-0.2, 0) is 25.6 Å².